The molecule has 0 unspecified atom stereocenters. The summed E-state index contributed by atoms with van der Waals surface area (Å²) in [4.78, 5) is 12.3. The van der Waals surface area contributed by atoms with Crippen molar-refractivity contribution in [2.45, 2.75) is 12.1 Å². The van der Waals surface area contributed by atoms with Crippen molar-refractivity contribution in [2.75, 3.05) is 5.32 Å². The molecule has 0 aliphatic heterocycles. The summed E-state index contributed by atoms with van der Waals surface area (Å²) in [5.41, 5.74) is 0.464. The summed E-state index contributed by atoms with van der Waals surface area (Å²) in [5.74, 6) is -0.830. The van der Waals surface area contributed by atoms with Crippen molar-refractivity contribution in [1.82, 2.24) is 9.59 Å². The third-order valence-corrected chi connectivity index (χ3v) is 3.67. The molecule has 0 aliphatic carbocycles. The average Bonchev–Trinajstić information content (AvgIpc) is 2.92. The number of carbonyl (C=O) groups is 1. The van der Waals surface area contributed by atoms with Gasteiger partial charge in [-0.05, 0) is 35.4 Å². The quantitative estimate of drug-likeness (QED) is 0.822. The van der Waals surface area contributed by atoms with Gasteiger partial charge in [0.15, 0.2) is 0 Å². The molecule has 1 heterocycles. The minimum absolute atomic E-state index is 0.129. The number of benzene rings is 1. The van der Waals surface area contributed by atoms with Crippen molar-refractivity contribution in [2.24, 2.45) is 0 Å². The Morgan fingerprint density at radius 2 is 2.26 bits per heavy atom. The topological polar surface area (TPSA) is 87.9 Å². The molecule has 120 valence electrons. The number of hydrogen-bond acceptors (Lipinski definition) is 7. The van der Waals surface area contributed by atoms with Crippen molar-refractivity contribution in [3.8, 4) is 11.2 Å². The van der Waals surface area contributed by atoms with Crippen molar-refractivity contribution in [3.05, 3.63) is 34.8 Å². The van der Waals surface area contributed by atoms with Crippen molar-refractivity contribution in [3.63, 3.8) is 0 Å². The summed E-state index contributed by atoms with van der Waals surface area (Å²) in [6.07, 6.45) is -4.81. The fourth-order valence-corrected chi connectivity index (χ4v) is 2.60. The summed E-state index contributed by atoms with van der Waals surface area (Å²) >= 11 is 1.73. The van der Waals surface area contributed by atoms with E-state index in [2.05, 4.69) is 19.6 Å². The van der Waals surface area contributed by atoms with Gasteiger partial charge in [0, 0.05) is 11.8 Å². The molecular weight excluding hydrogens is 353 g/mol. The van der Waals surface area contributed by atoms with E-state index in [4.69, 9.17) is 5.26 Å². The van der Waals surface area contributed by atoms with Gasteiger partial charge in [-0.3, -0.25) is 4.79 Å². The lowest BCUT2D eigenvalue weighted by Gasteiger charge is -2.10. The Labute approximate surface area is 136 Å². The SMILES string of the molecule is N#CSCc1nnsc1C(=O)Nc1cccc(OC(F)(F)F)c1. The van der Waals surface area contributed by atoms with Gasteiger partial charge in [-0.1, -0.05) is 10.6 Å². The van der Waals surface area contributed by atoms with Crippen LogP contribution in [0.5, 0.6) is 5.75 Å². The molecule has 0 radical (unpaired) electrons. The zero-order valence-corrected chi connectivity index (χ0v) is 12.8. The second-order valence-electron chi connectivity index (χ2n) is 3.96. The van der Waals surface area contributed by atoms with Crippen LogP contribution >= 0.6 is 23.3 Å². The highest BCUT2D eigenvalue weighted by molar-refractivity contribution is 8.02. The van der Waals surface area contributed by atoms with Crippen LogP contribution in [-0.4, -0.2) is 21.9 Å². The van der Waals surface area contributed by atoms with Crippen molar-refractivity contribution < 1.29 is 22.7 Å². The fourth-order valence-electron chi connectivity index (χ4n) is 1.54. The molecule has 0 saturated carbocycles. The van der Waals surface area contributed by atoms with Gasteiger partial charge >= 0.3 is 6.36 Å². The minimum atomic E-state index is -4.81. The maximum Gasteiger partial charge on any atom is 0.573 e. The van der Waals surface area contributed by atoms with Gasteiger partial charge < -0.3 is 10.1 Å². The molecule has 6 nitrogen and oxygen atoms in total. The molecule has 0 spiro atoms. The molecule has 1 aromatic heterocycles. The summed E-state index contributed by atoms with van der Waals surface area (Å²) in [5, 5.41) is 16.5. The van der Waals surface area contributed by atoms with Gasteiger partial charge in [-0.2, -0.15) is 5.26 Å². The molecule has 0 fully saturated rings. The van der Waals surface area contributed by atoms with Crippen LogP contribution in [0, 0.1) is 10.7 Å². The van der Waals surface area contributed by atoms with Gasteiger partial charge in [0.25, 0.3) is 5.91 Å². The Hall–Kier alpha value is -2.32. The van der Waals surface area contributed by atoms with E-state index in [9.17, 15) is 18.0 Å². The number of nitrogens with one attached hydrogen (secondary N) is 1. The summed E-state index contributed by atoms with van der Waals surface area (Å²) in [6.45, 7) is 0. The lowest BCUT2D eigenvalue weighted by Crippen LogP contribution is -2.17. The lowest BCUT2D eigenvalue weighted by molar-refractivity contribution is -0.274. The smallest absolute Gasteiger partial charge is 0.406 e. The highest BCUT2D eigenvalue weighted by Crippen LogP contribution is 2.26. The molecule has 1 N–H and O–H groups in total. The molecule has 2 rings (SSSR count). The van der Waals surface area contributed by atoms with E-state index >= 15 is 0 Å². The molecule has 2 aromatic rings. The molecule has 11 heteroatoms. The number of amides is 1. The molecule has 0 aliphatic rings. The first-order valence-corrected chi connectivity index (χ1v) is 7.64. The van der Waals surface area contributed by atoms with Gasteiger partial charge in [-0.25, -0.2) is 0 Å². The predicted octanol–water partition coefficient (Wildman–Crippen LogP) is 3.40. The minimum Gasteiger partial charge on any atom is -0.406 e. The highest BCUT2D eigenvalue weighted by Gasteiger charge is 2.31. The van der Waals surface area contributed by atoms with Crippen LogP contribution in [0.15, 0.2) is 24.3 Å². The van der Waals surface area contributed by atoms with Crippen molar-refractivity contribution >= 4 is 34.9 Å². The number of ether oxygens (including phenoxy) is 1. The Balaban J connectivity index is 2.10. The summed E-state index contributed by atoms with van der Waals surface area (Å²) < 4.78 is 43.9. The van der Waals surface area contributed by atoms with Crippen molar-refractivity contribution in [1.29, 1.82) is 5.26 Å². The average molecular weight is 360 g/mol. The second kappa shape index (κ2) is 7.30. The van der Waals surface area contributed by atoms with Crippen LogP contribution in [-0.2, 0) is 5.75 Å². The standard InChI is InChI=1S/C12H7F3N4O2S2/c13-12(14,15)21-8-3-1-2-7(4-8)17-11(20)10-9(5-22-6-16)18-19-23-10/h1-4H,5H2,(H,17,20). The molecule has 1 aromatic carbocycles. The molecule has 0 atom stereocenters. The third kappa shape index (κ3) is 5.11. The maximum absolute atomic E-state index is 12.2. The van der Waals surface area contributed by atoms with Crippen LogP contribution in [0.3, 0.4) is 0 Å². The van der Waals surface area contributed by atoms with Gasteiger partial charge in [0.1, 0.15) is 16.0 Å². The Morgan fingerprint density at radius 1 is 1.48 bits per heavy atom. The molecule has 0 saturated heterocycles. The maximum atomic E-state index is 12.2. The number of rotatable bonds is 5. The van der Waals surface area contributed by atoms with E-state index in [1.807, 2.05) is 5.40 Å². The number of anilines is 1. The largest absolute Gasteiger partial charge is 0.573 e. The predicted molar refractivity (Wildman–Crippen MR) is 77.9 cm³/mol. The molecule has 0 bridgehead atoms. The van der Waals surface area contributed by atoms with E-state index in [1.165, 1.54) is 12.1 Å². The molecule has 1 amide bonds. The second-order valence-corrected chi connectivity index (χ2v) is 5.47. The Morgan fingerprint density at radius 3 is 2.96 bits per heavy atom. The number of thiocyanates is 1. The van der Waals surface area contributed by atoms with E-state index in [0.717, 1.165) is 35.4 Å². The lowest BCUT2D eigenvalue weighted by atomic mass is 10.3. The summed E-state index contributed by atoms with van der Waals surface area (Å²) in [6, 6.07) is 4.89. The van der Waals surface area contributed by atoms with Crippen LogP contribution in [0.4, 0.5) is 18.9 Å². The zero-order chi connectivity index (χ0) is 16.9. The third-order valence-electron chi connectivity index (χ3n) is 2.36. The molecule has 23 heavy (non-hydrogen) atoms. The normalized spacial score (nSPS) is 10.9. The number of carbonyl (C=O) groups excluding carboxylic acids is 1. The number of thioether (sulfide) groups is 1. The van der Waals surface area contributed by atoms with Crippen LogP contribution in [0.2, 0.25) is 0 Å². The summed E-state index contributed by atoms with van der Waals surface area (Å²) in [7, 11) is 0. The Kier molecular flexibility index (Phi) is 5.41. The number of alkyl halides is 3. The van der Waals surface area contributed by atoms with Gasteiger partial charge in [0.05, 0.1) is 11.4 Å². The van der Waals surface area contributed by atoms with E-state index in [-0.39, 0.29) is 16.3 Å². The first-order valence-electron chi connectivity index (χ1n) is 5.88. The monoisotopic (exact) mass is 360 g/mol. The van der Waals surface area contributed by atoms with Gasteiger partial charge in [0.2, 0.25) is 0 Å². The number of halogens is 3. The molecular formula is C12H7F3N4O2S2. The number of aromatic nitrogens is 2. The highest BCUT2D eigenvalue weighted by atomic mass is 32.2. The van der Waals surface area contributed by atoms with E-state index in [1.54, 1.807) is 0 Å². The first-order chi connectivity index (χ1) is 10.9. The first kappa shape index (κ1) is 17.0. The van der Waals surface area contributed by atoms with Crippen LogP contribution in [0.25, 0.3) is 0 Å². The Bertz CT molecular complexity index is 742. The van der Waals surface area contributed by atoms with Crippen LogP contribution in [0.1, 0.15) is 15.4 Å². The van der Waals surface area contributed by atoms with Gasteiger partial charge in [-0.15, -0.1) is 18.3 Å². The number of nitriles is 1. The van der Waals surface area contributed by atoms with E-state index < -0.39 is 18.0 Å². The number of nitrogens with zero attached hydrogens (tertiary/aromatic N) is 3. The fraction of sp³-hybridized carbons (Fsp3) is 0.167. The number of hydrogen-bond donors (Lipinski definition) is 1. The zero-order valence-electron chi connectivity index (χ0n) is 11.1. The van der Waals surface area contributed by atoms with E-state index in [0.29, 0.717) is 5.69 Å². The van der Waals surface area contributed by atoms with Crippen LogP contribution < -0.4 is 10.1 Å².